The molecule has 0 heterocycles. The second-order valence-corrected chi connectivity index (χ2v) is 10.1. The van der Waals surface area contributed by atoms with Gasteiger partial charge in [0, 0.05) is 12.0 Å². The van der Waals surface area contributed by atoms with Gasteiger partial charge in [0.2, 0.25) is 5.75 Å². The van der Waals surface area contributed by atoms with Crippen LogP contribution >= 0.6 is 0 Å². The predicted molar refractivity (Wildman–Crippen MR) is 143 cm³/mol. The largest absolute Gasteiger partial charge is 0.504 e. The molecule has 0 unspecified atom stereocenters. The van der Waals surface area contributed by atoms with Crippen LogP contribution in [0, 0.1) is 0 Å². The van der Waals surface area contributed by atoms with Crippen LogP contribution in [0.3, 0.4) is 0 Å². The average molecular weight is 546 g/mol. The molecule has 0 aromatic heterocycles. The highest BCUT2D eigenvalue weighted by atomic mass is 16.6. The van der Waals surface area contributed by atoms with E-state index in [-0.39, 0.29) is 49.2 Å². The van der Waals surface area contributed by atoms with Gasteiger partial charge >= 0.3 is 18.0 Å². The van der Waals surface area contributed by atoms with E-state index in [9.17, 15) is 19.5 Å². The summed E-state index contributed by atoms with van der Waals surface area (Å²) < 4.78 is 26.9. The summed E-state index contributed by atoms with van der Waals surface area (Å²) in [4.78, 5) is 39.8. The highest BCUT2D eigenvalue weighted by Crippen LogP contribution is 2.40. The van der Waals surface area contributed by atoms with Crippen LogP contribution in [-0.4, -0.2) is 60.0 Å². The van der Waals surface area contributed by atoms with Crippen LogP contribution in [0.2, 0.25) is 0 Å². The quantitative estimate of drug-likeness (QED) is 0.290. The summed E-state index contributed by atoms with van der Waals surface area (Å²) in [7, 11) is 2.63. The van der Waals surface area contributed by atoms with Crippen molar-refractivity contribution in [3.8, 4) is 17.2 Å². The molecule has 0 aliphatic heterocycles. The van der Waals surface area contributed by atoms with E-state index in [0.717, 1.165) is 10.5 Å². The lowest BCUT2D eigenvalue weighted by Crippen LogP contribution is -2.47. The molecule has 0 aliphatic rings. The topological polar surface area (TPSA) is 121 Å². The third-order valence-electron chi connectivity index (χ3n) is 5.44. The van der Waals surface area contributed by atoms with E-state index >= 15 is 0 Å². The van der Waals surface area contributed by atoms with E-state index in [4.69, 9.17) is 23.7 Å². The van der Waals surface area contributed by atoms with Crippen LogP contribution in [0.25, 0.3) is 0 Å². The van der Waals surface area contributed by atoms with Crippen molar-refractivity contribution in [2.24, 2.45) is 0 Å². The van der Waals surface area contributed by atoms with Crippen LogP contribution in [0.4, 0.5) is 4.79 Å². The van der Waals surface area contributed by atoms with Crippen molar-refractivity contribution in [3.63, 3.8) is 0 Å². The maximum atomic E-state index is 13.3. The van der Waals surface area contributed by atoms with Crippen LogP contribution < -0.4 is 9.47 Å². The van der Waals surface area contributed by atoms with Gasteiger partial charge in [-0.15, -0.1) is 0 Å². The van der Waals surface area contributed by atoms with Crippen LogP contribution in [0.15, 0.2) is 42.5 Å². The van der Waals surface area contributed by atoms with Crippen molar-refractivity contribution in [3.05, 3.63) is 53.6 Å². The van der Waals surface area contributed by atoms with Crippen molar-refractivity contribution in [1.29, 1.82) is 0 Å². The number of ether oxygens (including phenoxy) is 5. The molecule has 2 aromatic carbocycles. The Balaban J connectivity index is 2.34. The predicted octanol–water partition coefficient (Wildman–Crippen LogP) is 4.99. The number of hydrogen-bond acceptors (Lipinski definition) is 9. The lowest BCUT2D eigenvalue weighted by Gasteiger charge is -2.32. The van der Waals surface area contributed by atoms with E-state index in [0.29, 0.717) is 5.75 Å². The molecule has 214 valence electrons. The lowest BCUT2D eigenvalue weighted by atomic mass is 10.1. The molecule has 0 radical (unpaired) electrons. The summed E-state index contributed by atoms with van der Waals surface area (Å²) in [5.74, 6) is -1.13. The molecule has 10 nitrogen and oxygen atoms in total. The number of carbonyl (C=O) groups excluding carboxylic acids is 3. The van der Waals surface area contributed by atoms with Crippen LogP contribution in [0.5, 0.6) is 17.2 Å². The number of phenolic OH excluding ortho intramolecular Hbond substituents is 1. The van der Waals surface area contributed by atoms with E-state index in [1.807, 2.05) is 30.3 Å². The molecule has 0 bridgehead atoms. The minimum Gasteiger partial charge on any atom is -0.504 e. The van der Waals surface area contributed by atoms with Gasteiger partial charge in [0.05, 0.1) is 26.9 Å². The number of rotatable bonds is 12. The van der Waals surface area contributed by atoms with E-state index in [1.54, 1.807) is 46.8 Å². The fourth-order valence-electron chi connectivity index (χ4n) is 3.64. The van der Waals surface area contributed by atoms with Gasteiger partial charge in [-0.1, -0.05) is 30.3 Å². The Morgan fingerprint density at radius 2 is 1.67 bits per heavy atom. The van der Waals surface area contributed by atoms with Crippen molar-refractivity contribution in [2.45, 2.75) is 78.4 Å². The molecule has 39 heavy (non-hydrogen) atoms. The number of methoxy groups -OCH3 is 2. The summed E-state index contributed by atoms with van der Waals surface area (Å²) >= 11 is 0. The molecule has 2 rings (SSSR count). The fraction of sp³-hybridized carbons (Fsp3) is 0.483. The Morgan fingerprint density at radius 1 is 1.00 bits per heavy atom. The zero-order valence-electron chi connectivity index (χ0n) is 23.7. The van der Waals surface area contributed by atoms with Crippen molar-refractivity contribution in [1.82, 2.24) is 4.90 Å². The van der Waals surface area contributed by atoms with Crippen LogP contribution in [-0.2, 0) is 37.0 Å². The molecular weight excluding hydrogens is 506 g/mol. The number of esters is 2. The summed E-state index contributed by atoms with van der Waals surface area (Å²) in [6.45, 7) is 8.50. The van der Waals surface area contributed by atoms with E-state index < -0.39 is 29.7 Å². The Bertz CT molecular complexity index is 1110. The first-order valence-corrected chi connectivity index (χ1v) is 12.7. The number of nitrogens with zero attached hydrogens (tertiary/aromatic N) is 1. The Kier molecular flexibility index (Phi) is 11.4. The van der Waals surface area contributed by atoms with Gasteiger partial charge < -0.3 is 28.8 Å². The maximum Gasteiger partial charge on any atom is 0.411 e. The summed E-state index contributed by atoms with van der Waals surface area (Å²) in [6.07, 6.45) is -1.35. The third-order valence-corrected chi connectivity index (χ3v) is 5.44. The van der Waals surface area contributed by atoms with Gasteiger partial charge in [0.25, 0.3) is 0 Å². The number of amides is 1. The molecule has 2 aromatic rings. The minimum absolute atomic E-state index is 0.0801. The first kappa shape index (κ1) is 31.3. The van der Waals surface area contributed by atoms with E-state index in [2.05, 4.69) is 0 Å². The van der Waals surface area contributed by atoms with E-state index in [1.165, 1.54) is 14.2 Å². The zero-order chi connectivity index (χ0) is 29.2. The molecule has 1 amide bonds. The molecular formula is C29H39NO9. The van der Waals surface area contributed by atoms with Gasteiger partial charge in [-0.3, -0.25) is 9.69 Å². The van der Waals surface area contributed by atoms with Crippen molar-refractivity contribution < 1.29 is 43.2 Å². The second-order valence-electron chi connectivity index (χ2n) is 10.1. The normalized spacial score (nSPS) is 11.9. The molecule has 1 atom stereocenters. The smallest absolute Gasteiger partial charge is 0.411 e. The molecule has 10 heteroatoms. The number of benzene rings is 2. The van der Waals surface area contributed by atoms with Crippen molar-refractivity contribution >= 4 is 18.0 Å². The van der Waals surface area contributed by atoms with Gasteiger partial charge in [-0.25, -0.2) is 9.59 Å². The molecule has 0 spiro atoms. The first-order chi connectivity index (χ1) is 18.4. The highest BCUT2D eigenvalue weighted by Gasteiger charge is 2.35. The van der Waals surface area contributed by atoms with Crippen LogP contribution in [0.1, 0.15) is 58.6 Å². The Labute approximate surface area is 229 Å². The summed E-state index contributed by atoms with van der Waals surface area (Å²) in [6, 6.07) is 11.1. The maximum absolute atomic E-state index is 13.3. The molecule has 0 saturated carbocycles. The number of hydrogen-bond donors (Lipinski definition) is 1. The van der Waals surface area contributed by atoms with Gasteiger partial charge in [0.15, 0.2) is 11.5 Å². The first-order valence-electron chi connectivity index (χ1n) is 12.7. The average Bonchev–Trinajstić information content (AvgIpc) is 2.88. The summed E-state index contributed by atoms with van der Waals surface area (Å²) in [5.41, 5.74) is 0.219. The molecule has 1 N–H and O–H groups in total. The van der Waals surface area contributed by atoms with Crippen molar-refractivity contribution in [2.75, 3.05) is 14.2 Å². The second kappa shape index (κ2) is 14.3. The number of phenols is 1. The highest BCUT2D eigenvalue weighted by molar-refractivity contribution is 5.82. The Morgan fingerprint density at radius 3 is 2.23 bits per heavy atom. The molecule has 0 saturated heterocycles. The molecule has 0 fully saturated rings. The SMILES string of the molecule is COC(=O)[C@H](CCC(=O)OCc1ccccc1)N(Cc1ccc(OC)c(OC(C)C)c1O)C(=O)OC(C)(C)C. The minimum atomic E-state index is -1.20. The van der Waals surface area contributed by atoms with Gasteiger partial charge in [-0.2, -0.15) is 0 Å². The van der Waals surface area contributed by atoms with Gasteiger partial charge in [0.1, 0.15) is 18.2 Å². The van der Waals surface area contributed by atoms with Gasteiger partial charge in [-0.05, 0) is 58.7 Å². The molecule has 0 aliphatic carbocycles. The Hall–Kier alpha value is -3.95. The standard InChI is InChI=1S/C29H39NO9/c1-19(2)38-26-23(35-6)15-13-21(25(26)32)17-30(28(34)39-29(3,4)5)22(27(33)36-7)14-16-24(31)37-18-20-11-9-8-10-12-20/h8-13,15,19,22,32H,14,16-18H2,1-7H3/t22-/m0/s1. The number of aromatic hydroxyl groups is 1. The zero-order valence-corrected chi connectivity index (χ0v) is 23.7. The summed E-state index contributed by atoms with van der Waals surface area (Å²) in [5, 5.41) is 11.0. The number of carbonyl (C=O) groups is 3. The fourth-order valence-corrected chi connectivity index (χ4v) is 3.64. The third kappa shape index (κ3) is 9.70. The lowest BCUT2D eigenvalue weighted by molar-refractivity contribution is -0.149. The monoisotopic (exact) mass is 545 g/mol.